The quantitative estimate of drug-likeness (QED) is 0.272. The Kier molecular flexibility index (Phi) is 8.30. The molecular formula is C25H31N5O2S. The smallest absolute Gasteiger partial charge is 0.412 e. The Bertz CT molecular complexity index is 1070. The number of amides is 1. The first kappa shape index (κ1) is 24.5. The monoisotopic (exact) mass is 465 g/mol. The van der Waals surface area contributed by atoms with E-state index < -0.39 is 11.7 Å². The number of nitrogens with one attached hydrogen (secondary N) is 3. The van der Waals surface area contributed by atoms with Crippen LogP contribution in [0, 0.1) is 0 Å². The number of rotatable bonds is 8. The first-order chi connectivity index (χ1) is 15.7. The topological polar surface area (TPSA) is 88.2 Å². The number of hydrogen-bond donors (Lipinski definition) is 3. The lowest BCUT2D eigenvalue weighted by Crippen LogP contribution is -2.27. The zero-order valence-electron chi connectivity index (χ0n) is 19.7. The fourth-order valence-electron chi connectivity index (χ4n) is 3.08. The number of carbonyl (C=O) groups is 1. The molecule has 0 spiro atoms. The number of carbonyl (C=O) groups excluding carboxylic acids is 1. The average molecular weight is 466 g/mol. The summed E-state index contributed by atoms with van der Waals surface area (Å²) < 4.78 is 5.34. The van der Waals surface area contributed by atoms with Gasteiger partial charge in [-0.15, -0.1) is 0 Å². The van der Waals surface area contributed by atoms with E-state index in [1.807, 2.05) is 75.7 Å². The molecule has 0 saturated heterocycles. The van der Waals surface area contributed by atoms with Crippen LogP contribution < -0.4 is 16.0 Å². The van der Waals surface area contributed by atoms with Crippen LogP contribution in [0.25, 0.3) is 0 Å². The van der Waals surface area contributed by atoms with Crippen molar-refractivity contribution in [3.8, 4) is 0 Å². The number of benzene rings is 2. The predicted molar refractivity (Wildman–Crippen MR) is 135 cm³/mol. The summed E-state index contributed by atoms with van der Waals surface area (Å²) in [6, 6.07) is 17.9. The van der Waals surface area contributed by atoms with Crippen LogP contribution in [-0.2, 0) is 11.3 Å². The molecule has 1 amide bonds. The predicted octanol–water partition coefficient (Wildman–Crippen LogP) is 6.14. The van der Waals surface area contributed by atoms with Gasteiger partial charge >= 0.3 is 6.09 Å². The summed E-state index contributed by atoms with van der Waals surface area (Å²) in [5.41, 5.74) is 3.03. The fourth-order valence-corrected chi connectivity index (χ4v) is 3.42. The second kappa shape index (κ2) is 11.2. The molecule has 1 atom stereocenters. The van der Waals surface area contributed by atoms with Crippen molar-refractivity contribution in [2.24, 2.45) is 0 Å². The fraction of sp³-hybridized carbons (Fsp3) is 0.320. The zero-order chi connectivity index (χ0) is 23.8. The number of nitrogens with zero attached hydrogens (tertiary/aromatic N) is 2. The van der Waals surface area contributed by atoms with Gasteiger partial charge in [0.15, 0.2) is 5.16 Å². The largest absolute Gasteiger partial charge is 0.444 e. The number of ether oxygens (including phenoxy) is 1. The van der Waals surface area contributed by atoms with Crippen molar-refractivity contribution < 1.29 is 9.53 Å². The van der Waals surface area contributed by atoms with Gasteiger partial charge in [-0.1, -0.05) is 48.2 Å². The van der Waals surface area contributed by atoms with Gasteiger partial charge in [0.05, 0.1) is 0 Å². The molecule has 7 nitrogen and oxygen atoms in total. The highest BCUT2D eigenvalue weighted by Gasteiger charge is 2.16. The number of hydrogen-bond acceptors (Lipinski definition) is 7. The lowest BCUT2D eigenvalue weighted by molar-refractivity contribution is 0.0636. The van der Waals surface area contributed by atoms with E-state index in [1.165, 1.54) is 17.3 Å². The Morgan fingerprint density at radius 1 is 1.09 bits per heavy atom. The Balaban J connectivity index is 1.74. The lowest BCUT2D eigenvalue weighted by atomic mass is 10.1. The summed E-state index contributed by atoms with van der Waals surface area (Å²) in [6.07, 6.45) is 3.29. The van der Waals surface area contributed by atoms with Crippen molar-refractivity contribution in [2.45, 2.75) is 51.0 Å². The SMILES string of the molecule is CSc1ncc(CNC(C)c2ccccc2)c(Nc2cccc(NC(=O)OC(C)(C)C)c2)n1. The molecule has 8 heteroatoms. The molecule has 0 aliphatic rings. The van der Waals surface area contributed by atoms with Crippen LogP contribution in [0.3, 0.4) is 0 Å². The van der Waals surface area contributed by atoms with Crippen LogP contribution in [-0.4, -0.2) is 27.9 Å². The number of anilines is 3. The summed E-state index contributed by atoms with van der Waals surface area (Å²) in [7, 11) is 0. The minimum atomic E-state index is -0.562. The average Bonchev–Trinajstić information content (AvgIpc) is 2.77. The lowest BCUT2D eigenvalue weighted by Gasteiger charge is -2.20. The van der Waals surface area contributed by atoms with E-state index in [4.69, 9.17) is 4.74 Å². The summed E-state index contributed by atoms with van der Waals surface area (Å²) in [4.78, 5) is 21.2. The molecule has 3 N–H and O–H groups in total. The van der Waals surface area contributed by atoms with Crippen molar-refractivity contribution in [1.29, 1.82) is 0 Å². The van der Waals surface area contributed by atoms with Crippen molar-refractivity contribution in [3.63, 3.8) is 0 Å². The van der Waals surface area contributed by atoms with Gasteiger partial charge in [0.2, 0.25) is 0 Å². The molecule has 0 saturated carbocycles. The molecule has 0 fully saturated rings. The van der Waals surface area contributed by atoms with Crippen LogP contribution in [0.15, 0.2) is 66.0 Å². The van der Waals surface area contributed by atoms with Crippen LogP contribution in [0.1, 0.15) is 44.9 Å². The van der Waals surface area contributed by atoms with E-state index in [-0.39, 0.29) is 6.04 Å². The first-order valence-corrected chi connectivity index (χ1v) is 12.0. The first-order valence-electron chi connectivity index (χ1n) is 10.8. The van der Waals surface area contributed by atoms with E-state index in [9.17, 15) is 4.79 Å². The third-order valence-electron chi connectivity index (χ3n) is 4.69. The van der Waals surface area contributed by atoms with Gasteiger partial charge in [-0.2, -0.15) is 0 Å². The van der Waals surface area contributed by atoms with E-state index >= 15 is 0 Å². The normalized spacial score (nSPS) is 12.2. The Morgan fingerprint density at radius 3 is 2.52 bits per heavy atom. The standard InChI is InChI=1S/C25H31N5O2S/c1-17(18-10-7-6-8-11-18)26-15-19-16-27-23(33-5)30-22(19)28-20-12-9-13-21(14-20)29-24(31)32-25(2,3)4/h6-14,16-17,26H,15H2,1-5H3,(H,29,31)(H,27,28,30). The maximum absolute atomic E-state index is 12.1. The highest BCUT2D eigenvalue weighted by atomic mass is 32.2. The van der Waals surface area contributed by atoms with E-state index in [2.05, 4.69) is 45.0 Å². The van der Waals surface area contributed by atoms with Crippen molar-refractivity contribution in [3.05, 3.63) is 71.9 Å². The van der Waals surface area contributed by atoms with E-state index in [0.717, 1.165) is 17.1 Å². The third kappa shape index (κ3) is 7.76. The van der Waals surface area contributed by atoms with Crippen LogP contribution in [0.5, 0.6) is 0 Å². The Morgan fingerprint density at radius 2 is 1.82 bits per heavy atom. The summed E-state index contributed by atoms with van der Waals surface area (Å²) >= 11 is 1.48. The molecule has 2 aromatic carbocycles. The molecule has 1 aromatic heterocycles. The van der Waals surface area contributed by atoms with E-state index in [1.54, 1.807) is 0 Å². The molecule has 1 heterocycles. The molecule has 0 bridgehead atoms. The molecule has 0 aliphatic heterocycles. The Labute approximate surface area is 199 Å². The summed E-state index contributed by atoms with van der Waals surface area (Å²) in [5.74, 6) is 0.719. The van der Waals surface area contributed by atoms with Crippen LogP contribution >= 0.6 is 11.8 Å². The third-order valence-corrected chi connectivity index (χ3v) is 5.26. The van der Waals surface area contributed by atoms with Gasteiger partial charge in [0.1, 0.15) is 11.4 Å². The maximum atomic E-state index is 12.1. The molecular weight excluding hydrogens is 434 g/mol. The molecule has 0 aliphatic carbocycles. The highest BCUT2D eigenvalue weighted by molar-refractivity contribution is 7.98. The van der Waals surface area contributed by atoms with Gasteiger partial charge in [-0.05, 0) is 57.7 Å². The zero-order valence-corrected chi connectivity index (χ0v) is 20.5. The summed E-state index contributed by atoms with van der Waals surface area (Å²) in [6.45, 7) is 8.22. The van der Waals surface area contributed by atoms with Gasteiger partial charge in [0.25, 0.3) is 0 Å². The molecule has 1 unspecified atom stereocenters. The molecule has 3 rings (SSSR count). The minimum Gasteiger partial charge on any atom is -0.444 e. The van der Waals surface area contributed by atoms with Crippen molar-refractivity contribution >= 4 is 35.0 Å². The molecule has 3 aromatic rings. The van der Waals surface area contributed by atoms with E-state index in [0.29, 0.717) is 17.4 Å². The Hall–Kier alpha value is -3.10. The second-order valence-electron chi connectivity index (χ2n) is 8.58. The molecule has 174 valence electrons. The van der Waals surface area contributed by atoms with Crippen LogP contribution in [0.2, 0.25) is 0 Å². The van der Waals surface area contributed by atoms with Crippen molar-refractivity contribution in [2.75, 3.05) is 16.9 Å². The number of thioether (sulfide) groups is 1. The van der Waals surface area contributed by atoms with Crippen molar-refractivity contribution in [1.82, 2.24) is 15.3 Å². The van der Waals surface area contributed by atoms with Gasteiger partial charge in [-0.3, -0.25) is 5.32 Å². The van der Waals surface area contributed by atoms with Gasteiger partial charge in [0, 0.05) is 35.7 Å². The second-order valence-corrected chi connectivity index (χ2v) is 9.35. The molecule has 0 radical (unpaired) electrons. The van der Waals surface area contributed by atoms with Gasteiger partial charge < -0.3 is 15.4 Å². The number of aromatic nitrogens is 2. The van der Waals surface area contributed by atoms with Crippen LogP contribution in [0.4, 0.5) is 22.0 Å². The molecule has 33 heavy (non-hydrogen) atoms. The highest BCUT2D eigenvalue weighted by Crippen LogP contribution is 2.24. The summed E-state index contributed by atoms with van der Waals surface area (Å²) in [5, 5.41) is 10.4. The minimum absolute atomic E-state index is 0.181. The van der Waals surface area contributed by atoms with Gasteiger partial charge in [-0.25, -0.2) is 14.8 Å². The maximum Gasteiger partial charge on any atom is 0.412 e.